The number of rotatable bonds is 6. The number of nitrogens with one attached hydrogen (secondary N) is 1. The molecule has 0 aliphatic carbocycles. The lowest BCUT2D eigenvalue weighted by Gasteiger charge is -2.15. The topological polar surface area (TPSA) is 42.0 Å². The lowest BCUT2D eigenvalue weighted by molar-refractivity contribution is 0.0939. The van der Waals surface area contributed by atoms with Gasteiger partial charge in [0.25, 0.3) is 5.91 Å². The number of aryl methyl sites for hydroxylation is 1. The summed E-state index contributed by atoms with van der Waals surface area (Å²) in [7, 11) is 0. The first-order chi connectivity index (χ1) is 10.5. The number of benzene rings is 1. The minimum absolute atomic E-state index is 0.00116. The van der Waals surface area contributed by atoms with Crippen LogP contribution in [0, 0.1) is 12.8 Å². The molecule has 1 heterocycles. The summed E-state index contributed by atoms with van der Waals surface area (Å²) < 4.78 is 0. The summed E-state index contributed by atoms with van der Waals surface area (Å²) in [6.07, 6.45) is 3.37. The van der Waals surface area contributed by atoms with Gasteiger partial charge in [-0.25, -0.2) is 0 Å². The lowest BCUT2D eigenvalue weighted by Crippen LogP contribution is -2.32. The maximum Gasteiger partial charge on any atom is 0.252 e. The van der Waals surface area contributed by atoms with Gasteiger partial charge in [0.1, 0.15) is 0 Å². The van der Waals surface area contributed by atoms with Gasteiger partial charge >= 0.3 is 0 Å². The Bertz CT molecular complexity index is 649. The second-order valence-corrected chi connectivity index (χ2v) is 6.53. The Morgan fingerprint density at radius 3 is 2.64 bits per heavy atom. The molecule has 2 rings (SSSR count). The maximum atomic E-state index is 12.6. The number of carbonyl (C=O) groups excluding carboxylic acids is 1. The van der Waals surface area contributed by atoms with E-state index in [1.165, 1.54) is 6.42 Å². The molecule has 3 heteroatoms. The molecule has 1 aromatic heterocycles. The van der Waals surface area contributed by atoms with Crippen molar-refractivity contribution in [3.05, 3.63) is 41.6 Å². The molecule has 1 aromatic carbocycles. The maximum absolute atomic E-state index is 12.6. The number of hydrogen-bond acceptors (Lipinski definition) is 2. The van der Waals surface area contributed by atoms with Crippen molar-refractivity contribution >= 4 is 16.8 Å². The van der Waals surface area contributed by atoms with E-state index in [0.29, 0.717) is 0 Å². The number of carbonyl (C=O) groups is 1. The summed E-state index contributed by atoms with van der Waals surface area (Å²) >= 11 is 0. The third-order valence-electron chi connectivity index (χ3n) is 3.88. The summed E-state index contributed by atoms with van der Waals surface area (Å²) in [4.78, 5) is 17.1. The molecule has 0 saturated heterocycles. The Morgan fingerprint density at radius 1 is 1.18 bits per heavy atom. The molecular weight excluding hydrogens is 272 g/mol. The summed E-state index contributed by atoms with van der Waals surface area (Å²) in [5.41, 5.74) is 2.47. The van der Waals surface area contributed by atoms with E-state index in [1.54, 1.807) is 0 Å². The Balaban J connectivity index is 2.09. The molecule has 0 aliphatic heterocycles. The van der Waals surface area contributed by atoms with Crippen molar-refractivity contribution in [2.24, 2.45) is 5.92 Å². The number of nitrogens with zero attached hydrogens (tertiary/aromatic N) is 1. The van der Waals surface area contributed by atoms with E-state index in [9.17, 15) is 4.79 Å². The zero-order valence-corrected chi connectivity index (χ0v) is 14.0. The smallest absolute Gasteiger partial charge is 0.252 e. The van der Waals surface area contributed by atoms with Crippen LogP contribution in [0.1, 0.15) is 56.1 Å². The van der Waals surface area contributed by atoms with Crippen LogP contribution in [-0.2, 0) is 0 Å². The minimum atomic E-state index is -0.00116. The predicted molar refractivity (Wildman–Crippen MR) is 92.1 cm³/mol. The van der Waals surface area contributed by atoms with Crippen LogP contribution in [0.25, 0.3) is 10.9 Å². The third-order valence-corrected chi connectivity index (χ3v) is 3.88. The van der Waals surface area contributed by atoms with Gasteiger partial charge in [-0.3, -0.25) is 9.78 Å². The minimum Gasteiger partial charge on any atom is -0.350 e. The highest BCUT2D eigenvalue weighted by molar-refractivity contribution is 6.06. The zero-order valence-electron chi connectivity index (χ0n) is 14.0. The van der Waals surface area contributed by atoms with E-state index >= 15 is 0 Å². The average Bonchev–Trinajstić information content (AvgIpc) is 2.45. The normalized spacial score (nSPS) is 12.6. The first-order valence-electron chi connectivity index (χ1n) is 8.14. The zero-order chi connectivity index (χ0) is 16.1. The van der Waals surface area contributed by atoms with E-state index in [-0.39, 0.29) is 11.9 Å². The highest BCUT2D eigenvalue weighted by Gasteiger charge is 2.14. The molecule has 0 radical (unpaired) electrons. The molecule has 3 nitrogen and oxygen atoms in total. The highest BCUT2D eigenvalue weighted by atomic mass is 16.1. The summed E-state index contributed by atoms with van der Waals surface area (Å²) in [6.45, 7) is 8.47. The molecule has 1 amide bonds. The standard InChI is InChI=1S/C19H26N2O/c1-13(2)8-7-9-14(3)21-19(22)17-12-15(4)20-18-11-6-5-10-16(17)18/h5-6,10-14H,7-9H2,1-4H3,(H,21,22)/t14-/m1/s1. The molecule has 1 atom stereocenters. The fourth-order valence-corrected chi connectivity index (χ4v) is 2.70. The second kappa shape index (κ2) is 7.39. The SMILES string of the molecule is Cc1cc(C(=O)N[C@H](C)CCCC(C)C)c2ccccc2n1. The van der Waals surface area contributed by atoms with Crippen molar-refractivity contribution in [3.8, 4) is 0 Å². The van der Waals surface area contributed by atoms with Crippen LogP contribution in [0.3, 0.4) is 0 Å². The van der Waals surface area contributed by atoms with Gasteiger partial charge in [0.2, 0.25) is 0 Å². The van der Waals surface area contributed by atoms with Crippen LogP contribution in [0.2, 0.25) is 0 Å². The molecule has 22 heavy (non-hydrogen) atoms. The van der Waals surface area contributed by atoms with Gasteiger partial charge in [-0.15, -0.1) is 0 Å². The Kier molecular flexibility index (Phi) is 5.53. The number of fused-ring (bicyclic) bond motifs is 1. The van der Waals surface area contributed by atoms with E-state index in [4.69, 9.17) is 0 Å². The van der Waals surface area contributed by atoms with Gasteiger partial charge in [0.05, 0.1) is 11.1 Å². The van der Waals surface area contributed by atoms with Crippen LogP contribution in [0.5, 0.6) is 0 Å². The van der Waals surface area contributed by atoms with Crippen molar-refractivity contribution in [2.45, 2.75) is 53.0 Å². The van der Waals surface area contributed by atoms with Gasteiger partial charge in [-0.1, -0.05) is 44.9 Å². The monoisotopic (exact) mass is 298 g/mol. The van der Waals surface area contributed by atoms with Gasteiger partial charge < -0.3 is 5.32 Å². The molecular formula is C19H26N2O. The van der Waals surface area contributed by atoms with E-state index in [0.717, 1.165) is 40.9 Å². The average molecular weight is 298 g/mol. The van der Waals surface area contributed by atoms with E-state index in [2.05, 4.69) is 31.1 Å². The predicted octanol–water partition coefficient (Wildman–Crippen LogP) is 4.49. The number of para-hydroxylation sites is 1. The van der Waals surface area contributed by atoms with Gasteiger partial charge in [0, 0.05) is 17.1 Å². The van der Waals surface area contributed by atoms with Crippen molar-refractivity contribution in [1.82, 2.24) is 10.3 Å². The van der Waals surface area contributed by atoms with Gasteiger partial charge in [-0.05, 0) is 38.3 Å². The summed E-state index contributed by atoms with van der Waals surface area (Å²) in [5, 5.41) is 4.04. The molecule has 0 saturated carbocycles. The molecule has 0 aliphatic rings. The van der Waals surface area contributed by atoms with Gasteiger partial charge in [-0.2, -0.15) is 0 Å². The number of hydrogen-bond donors (Lipinski definition) is 1. The number of pyridine rings is 1. The fourth-order valence-electron chi connectivity index (χ4n) is 2.70. The van der Waals surface area contributed by atoms with Crippen LogP contribution in [0.15, 0.2) is 30.3 Å². The van der Waals surface area contributed by atoms with Crippen LogP contribution < -0.4 is 5.32 Å². The number of amides is 1. The molecule has 0 unspecified atom stereocenters. The van der Waals surface area contributed by atoms with Crippen LogP contribution in [-0.4, -0.2) is 16.9 Å². The molecule has 0 fully saturated rings. The Labute approximate surface area is 133 Å². The first kappa shape index (κ1) is 16.5. The summed E-state index contributed by atoms with van der Waals surface area (Å²) in [5.74, 6) is 0.716. The van der Waals surface area contributed by atoms with Crippen LogP contribution in [0.4, 0.5) is 0 Å². The lowest BCUT2D eigenvalue weighted by atomic mass is 10.0. The van der Waals surface area contributed by atoms with E-state index in [1.807, 2.05) is 37.3 Å². The molecule has 118 valence electrons. The first-order valence-corrected chi connectivity index (χ1v) is 8.14. The Morgan fingerprint density at radius 2 is 1.91 bits per heavy atom. The van der Waals surface area contributed by atoms with Crippen molar-refractivity contribution < 1.29 is 4.79 Å². The molecule has 0 spiro atoms. The Hall–Kier alpha value is -1.90. The molecule has 1 N–H and O–H groups in total. The van der Waals surface area contributed by atoms with Crippen molar-refractivity contribution in [3.63, 3.8) is 0 Å². The second-order valence-electron chi connectivity index (χ2n) is 6.53. The highest BCUT2D eigenvalue weighted by Crippen LogP contribution is 2.18. The number of aromatic nitrogens is 1. The van der Waals surface area contributed by atoms with Crippen LogP contribution >= 0.6 is 0 Å². The van der Waals surface area contributed by atoms with Crippen molar-refractivity contribution in [1.29, 1.82) is 0 Å². The summed E-state index contributed by atoms with van der Waals surface area (Å²) in [6, 6.07) is 9.87. The quantitative estimate of drug-likeness (QED) is 0.854. The van der Waals surface area contributed by atoms with Gasteiger partial charge in [0.15, 0.2) is 0 Å². The third kappa shape index (κ3) is 4.30. The largest absolute Gasteiger partial charge is 0.350 e. The van der Waals surface area contributed by atoms with Crippen molar-refractivity contribution in [2.75, 3.05) is 0 Å². The molecule has 0 bridgehead atoms. The van der Waals surface area contributed by atoms with E-state index < -0.39 is 0 Å². The molecule has 2 aromatic rings. The fraction of sp³-hybridized carbons (Fsp3) is 0.474.